The van der Waals surface area contributed by atoms with Crippen molar-refractivity contribution < 1.29 is 19.1 Å². The zero-order valence-electron chi connectivity index (χ0n) is 11.1. The molecule has 0 saturated heterocycles. The number of hydrogen-bond donors (Lipinski definition) is 2. The van der Waals surface area contributed by atoms with Crippen LogP contribution in [0.25, 0.3) is 0 Å². The number of nitrogens with one attached hydrogen (secondary N) is 1. The molecular weight excluding hydrogens is 308 g/mol. The topological polar surface area (TPSA) is 66.4 Å². The summed E-state index contributed by atoms with van der Waals surface area (Å²) >= 11 is 11.3. The first-order valence-corrected chi connectivity index (χ1v) is 6.48. The van der Waals surface area contributed by atoms with E-state index in [1.807, 2.05) is 0 Å². The van der Waals surface area contributed by atoms with Crippen molar-refractivity contribution >= 4 is 35.1 Å². The number of carbonyl (C=O) groups is 2. The first-order chi connectivity index (χ1) is 9.04. The molecular formula is C13H14Cl2FNO3. The predicted molar refractivity (Wildman–Crippen MR) is 74.8 cm³/mol. The van der Waals surface area contributed by atoms with E-state index in [0.29, 0.717) is 0 Å². The van der Waals surface area contributed by atoms with Gasteiger partial charge in [0.25, 0.3) is 5.91 Å². The molecule has 0 bridgehead atoms. The summed E-state index contributed by atoms with van der Waals surface area (Å²) in [4.78, 5) is 23.2. The summed E-state index contributed by atoms with van der Waals surface area (Å²) in [6.07, 6.45) is 0. The van der Waals surface area contributed by atoms with E-state index in [4.69, 9.17) is 28.3 Å². The van der Waals surface area contributed by atoms with Crippen LogP contribution in [0.3, 0.4) is 0 Å². The molecule has 0 aliphatic carbocycles. The molecule has 0 fully saturated rings. The number of halogens is 3. The van der Waals surface area contributed by atoms with Gasteiger partial charge in [-0.3, -0.25) is 4.79 Å². The van der Waals surface area contributed by atoms with E-state index in [2.05, 4.69) is 5.32 Å². The third kappa shape index (κ3) is 3.84. The number of aliphatic carboxylic acids is 1. The third-order valence-corrected chi connectivity index (χ3v) is 3.25. The molecule has 1 amide bonds. The van der Waals surface area contributed by atoms with E-state index in [9.17, 15) is 14.0 Å². The van der Waals surface area contributed by atoms with E-state index in [1.54, 1.807) is 20.8 Å². The molecule has 1 aromatic carbocycles. The van der Waals surface area contributed by atoms with Crippen molar-refractivity contribution in [3.63, 3.8) is 0 Å². The molecule has 4 nitrogen and oxygen atoms in total. The van der Waals surface area contributed by atoms with Gasteiger partial charge in [0.1, 0.15) is 11.9 Å². The van der Waals surface area contributed by atoms with Crippen LogP contribution in [-0.4, -0.2) is 23.0 Å². The van der Waals surface area contributed by atoms with Crippen molar-refractivity contribution in [2.75, 3.05) is 0 Å². The summed E-state index contributed by atoms with van der Waals surface area (Å²) in [6.45, 7) is 4.99. The largest absolute Gasteiger partial charge is 0.480 e. The van der Waals surface area contributed by atoms with Gasteiger partial charge in [-0.2, -0.15) is 0 Å². The zero-order valence-corrected chi connectivity index (χ0v) is 12.6. The van der Waals surface area contributed by atoms with Crippen molar-refractivity contribution in [2.45, 2.75) is 26.8 Å². The summed E-state index contributed by atoms with van der Waals surface area (Å²) in [5.74, 6) is -2.76. The van der Waals surface area contributed by atoms with Gasteiger partial charge in [-0.25, -0.2) is 9.18 Å². The predicted octanol–water partition coefficient (Wildman–Crippen LogP) is 3.36. The molecule has 1 atom stereocenters. The molecule has 1 rings (SSSR count). The Kier molecular flexibility index (Phi) is 5.00. The molecule has 0 aliphatic rings. The number of amides is 1. The molecule has 2 N–H and O–H groups in total. The van der Waals surface area contributed by atoms with Gasteiger partial charge >= 0.3 is 5.97 Å². The number of hydrogen-bond acceptors (Lipinski definition) is 2. The van der Waals surface area contributed by atoms with Crippen LogP contribution in [0.15, 0.2) is 12.1 Å². The second-order valence-corrected chi connectivity index (χ2v) is 6.17. The molecule has 20 heavy (non-hydrogen) atoms. The molecule has 110 valence electrons. The maximum absolute atomic E-state index is 13.4. The molecule has 1 unspecified atom stereocenters. The minimum absolute atomic E-state index is 0.0491. The average molecular weight is 322 g/mol. The highest BCUT2D eigenvalue weighted by Gasteiger charge is 2.33. The van der Waals surface area contributed by atoms with Crippen molar-refractivity contribution in [3.8, 4) is 0 Å². The van der Waals surface area contributed by atoms with Gasteiger partial charge in [0.15, 0.2) is 0 Å². The highest BCUT2D eigenvalue weighted by Crippen LogP contribution is 2.25. The van der Waals surface area contributed by atoms with Gasteiger partial charge in [-0.15, -0.1) is 0 Å². The van der Waals surface area contributed by atoms with E-state index in [0.717, 1.165) is 12.1 Å². The second-order valence-electron chi connectivity index (χ2n) is 5.36. The highest BCUT2D eigenvalue weighted by molar-refractivity contribution is 6.36. The molecule has 0 heterocycles. The Morgan fingerprint density at radius 3 is 2.25 bits per heavy atom. The summed E-state index contributed by atoms with van der Waals surface area (Å²) < 4.78 is 13.4. The van der Waals surface area contributed by atoms with Gasteiger partial charge in [-0.05, 0) is 17.5 Å². The van der Waals surface area contributed by atoms with Crippen molar-refractivity contribution in [1.82, 2.24) is 5.32 Å². The normalized spacial score (nSPS) is 12.9. The molecule has 0 saturated carbocycles. The van der Waals surface area contributed by atoms with Crippen LogP contribution in [-0.2, 0) is 4.79 Å². The van der Waals surface area contributed by atoms with E-state index in [1.165, 1.54) is 0 Å². The van der Waals surface area contributed by atoms with E-state index in [-0.39, 0.29) is 15.6 Å². The standard InChI is InChI=1S/C13H14Cl2FNO3/c1-13(2,3)10(12(19)20)17-11(18)6-4-9(16)8(15)5-7(6)14/h4-5,10H,1-3H3,(H,17,18)(H,19,20). The number of rotatable bonds is 3. The Morgan fingerprint density at radius 1 is 1.25 bits per heavy atom. The van der Waals surface area contributed by atoms with Crippen LogP contribution in [0.2, 0.25) is 10.0 Å². The Balaban J connectivity index is 3.07. The lowest BCUT2D eigenvalue weighted by molar-refractivity contribution is -0.142. The molecule has 1 aromatic rings. The molecule has 0 aromatic heterocycles. The molecule has 0 aliphatic heterocycles. The molecule has 0 radical (unpaired) electrons. The highest BCUT2D eigenvalue weighted by atomic mass is 35.5. The summed E-state index contributed by atoms with van der Waals surface area (Å²) in [6, 6.07) is 0.840. The van der Waals surface area contributed by atoms with Crippen molar-refractivity contribution in [3.05, 3.63) is 33.6 Å². The average Bonchev–Trinajstić information content (AvgIpc) is 2.28. The van der Waals surface area contributed by atoms with Gasteiger partial charge in [-0.1, -0.05) is 44.0 Å². The van der Waals surface area contributed by atoms with Crippen LogP contribution in [0.4, 0.5) is 4.39 Å². The lowest BCUT2D eigenvalue weighted by Crippen LogP contribution is -2.49. The summed E-state index contributed by atoms with van der Waals surface area (Å²) in [5, 5.41) is 11.2. The number of carboxylic acid groups (broad SMARTS) is 1. The quantitative estimate of drug-likeness (QED) is 0.839. The Hall–Kier alpha value is -1.33. The fourth-order valence-electron chi connectivity index (χ4n) is 1.55. The minimum atomic E-state index is -1.18. The smallest absolute Gasteiger partial charge is 0.326 e. The Bertz CT molecular complexity index is 555. The fourth-order valence-corrected chi connectivity index (χ4v) is 2.02. The Labute approximate surface area is 125 Å². The maximum Gasteiger partial charge on any atom is 0.326 e. The molecule has 0 spiro atoms. The van der Waals surface area contributed by atoms with Crippen LogP contribution >= 0.6 is 23.2 Å². The van der Waals surface area contributed by atoms with E-state index < -0.39 is 29.2 Å². The minimum Gasteiger partial charge on any atom is -0.480 e. The van der Waals surface area contributed by atoms with Gasteiger partial charge in [0, 0.05) is 0 Å². The number of benzene rings is 1. The van der Waals surface area contributed by atoms with Gasteiger partial charge < -0.3 is 10.4 Å². The summed E-state index contributed by atoms with van der Waals surface area (Å²) in [5.41, 5.74) is -0.872. The van der Waals surface area contributed by atoms with Gasteiger partial charge in [0.05, 0.1) is 15.6 Å². The SMILES string of the molecule is CC(C)(C)C(NC(=O)c1cc(F)c(Cl)cc1Cl)C(=O)O. The summed E-state index contributed by atoms with van der Waals surface area (Å²) in [7, 11) is 0. The van der Waals surface area contributed by atoms with Crippen molar-refractivity contribution in [2.24, 2.45) is 5.41 Å². The van der Waals surface area contributed by atoms with Crippen molar-refractivity contribution in [1.29, 1.82) is 0 Å². The fraction of sp³-hybridized carbons (Fsp3) is 0.385. The van der Waals surface area contributed by atoms with Gasteiger partial charge in [0.2, 0.25) is 0 Å². The van der Waals surface area contributed by atoms with E-state index >= 15 is 0 Å². The van der Waals surface area contributed by atoms with Crippen LogP contribution in [0.5, 0.6) is 0 Å². The first-order valence-electron chi connectivity index (χ1n) is 5.72. The van der Waals surface area contributed by atoms with Crippen LogP contribution in [0.1, 0.15) is 31.1 Å². The first kappa shape index (κ1) is 16.7. The maximum atomic E-state index is 13.4. The number of carboxylic acids is 1. The lowest BCUT2D eigenvalue weighted by atomic mass is 9.86. The van der Waals surface area contributed by atoms with Crippen LogP contribution < -0.4 is 5.32 Å². The Morgan fingerprint density at radius 2 is 1.80 bits per heavy atom. The zero-order chi connectivity index (χ0) is 15.7. The number of carbonyl (C=O) groups excluding carboxylic acids is 1. The lowest BCUT2D eigenvalue weighted by Gasteiger charge is -2.27. The third-order valence-electron chi connectivity index (χ3n) is 2.64. The van der Waals surface area contributed by atoms with Crippen LogP contribution in [0, 0.1) is 11.2 Å². The molecule has 7 heteroatoms. The second kappa shape index (κ2) is 5.97. The monoisotopic (exact) mass is 321 g/mol.